The van der Waals surface area contributed by atoms with Crippen molar-refractivity contribution in [2.45, 2.75) is 0 Å². The Labute approximate surface area is 158 Å². The first-order valence-electron chi connectivity index (χ1n) is 9.17. The van der Waals surface area contributed by atoms with Crippen LogP contribution in [0.25, 0.3) is 6.08 Å². The van der Waals surface area contributed by atoms with Gasteiger partial charge >= 0.3 is 0 Å². The van der Waals surface area contributed by atoms with Crippen molar-refractivity contribution in [1.29, 1.82) is 0 Å². The second-order valence-electron chi connectivity index (χ2n) is 6.66. The molecule has 27 heavy (non-hydrogen) atoms. The number of rotatable bonds is 4. The van der Waals surface area contributed by atoms with Gasteiger partial charge in [0.2, 0.25) is 0 Å². The Kier molecular flexibility index (Phi) is 5.09. The lowest BCUT2D eigenvalue weighted by atomic mass is 10.1. The molecular formula is C21H23N3O3. The van der Waals surface area contributed by atoms with Gasteiger partial charge in [0.15, 0.2) is 11.5 Å². The van der Waals surface area contributed by atoms with E-state index < -0.39 is 0 Å². The normalized spacial score (nSPS) is 19.0. The van der Waals surface area contributed by atoms with E-state index in [2.05, 4.69) is 4.90 Å². The molecule has 2 heterocycles. The fourth-order valence-electron chi connectivity index (χ4n) is 3.32. The van der Waals surface area contributed by atoms with Crippen molar-refractivity contribution in [1.82, 2.24) is 4.90 Å². The van der Waals surface area contributed by atoms with Gasteiger partial charge in [-0.3, -0.25) is 9.69 Å². The van der Waals surface area contributed by atoms with E-state index in [1.165, 1.54) is 0 Å². The number of anilines is 2. The van der Waals surface area contributed by atoms with Crippen molar-refractivity contribution in [3.05, 3.63) is 59.9 Å². The lowest BCUT2D eigenvalue weighted by molar-refractivity contribution is -0.117. The van der Waals surface area contributed by atoms with E-state index in [0.717, 1.165) is 44.1 Å². The summed E-state index contributed by atoms with van der Waals surface area (Å²) in [5.41, 5.74) is 8.20. The average Bonchev–Trinajstić information content (AvgIpc) is 2.70. The zero-order valence-electron chi connectivity index (χ0n) is 15.1. The molecule has 6 nitrogen and oxygen atoms in total. The number of nitrogen functional groups attached to an aromatic ring is 1. The third kappa shape index (κ3) is 3.97. The number of carbonyl (C=O) groups is 1. The summed E-state index contributed by atoms with van der Waals surface area (Å²) in [5.74, 6) is 0.818. The number of hydrogen-bond donors (Lipinski definition) is 1. The summed E-state index contributed by atoms with van der Waals surface area (Å²) in [7, 11) is 0. The quantitative estimate of drug-likeness (QED) is 0.665. The van der Waals surface area contributed by atoms with Gasteiger partial charge in [0.05, 0.1) is 18.9 Å². The highest BCUT2D eigenvalue weighted by atomic mass is 16.5. The maximum Gasteiger partial charge on any atom is 0.294 e. The summed E-state index contributed by atoms with van der Waals surface area (Å²) in [6.07, 6.45) is 1.78. The van der Waals surface area contributed by atoms with Crippen LogP contribution >= 0.6 is 0 Å². The van der Waals surface area contributed by atoms with E-state index >= 15 is 0 Å². The van der Waals surface area contributed by atoms with Crippen LogP contribution in [0.3, 0.4) is 0 Å². The number of fused-ring (bicyclic) bond motifs is 1. The highest BCUT2D eigenvalue weighted by molar-refractivity contribution is 6.10. The summed E-state index contributed by atoms with van der Waals surface area (Å²) in [5, 5.41) is 0. The van der Waals surface area contributed by atoms with Gasteiger partial charge in [0.1, 0.15) is 0 Å². The van der Waals surface area contributed by atoms with Gasteiger partial charge in [-0.05, 0) is 29.8 Å². The molecule has 4 rings (SSSR count). The third-order valence-electron chi connectivity index (χ3n) is 4.79. The van der Waals surface area contributed by atoms with Crippen molar-refractivity contribution < 1.29 is 14.3 Å². The fraction of sp³-hybridized carbons (Fsp3) is 0.286. The summed E-state index contributed by atoms with van der Waals surface area (Å²) in [6, 6.07) is 15.1. The first-order chi connectivity index (χ1) is 13.2. The largest absolute Gasteiger partial charge is 0.449 e. The number of hydrogen-bond acceptors (Lipinski definition) is 5. The zero-order chi connectivity index (χ0) is 18.6. The van der Waals surface area contributed by atoms with Crippen molar-refractivity contribution in [2.75, 3.05) is 50.0 Å². The van der Waals surface area contributed by atoms with Crippen LogP contribution in [-0.4, -0.2) is 50.2 Å². The van der Waals surface area contributed by atoms with Crippen LogP contribution < -0.4 is 15.4 Å². The van der Waals surface area contributed by atoms with Crippen LogP contribution in [0.1, 0.15) is 5.56 Å². The molecule has 1 saturated heterocycles. The molecule has 6 heteroatoms. The Morgan fingerprint density at radius 3 is 2.59 bits per heavy atom. The molecule has 0 spiro atoms. The highest BCUT2D eigenvalue weighted by Gasteiger charge is 2.30. The van der Waals surface area contributed by atoms with E-state index in [0.29, 0.717) is 23.7 Å². The van der Waals surface area contributed by atoms with E-state index in [1.807, 2.05) is 36.4 Å². The van der Waals surface area contributed by atoms with Crippen molar-refractivity contribution in [3.8, 4) is 5.75 Å². The Balaban J connectivity index is 1.61. The van der Waals surface area contributed by atoms with Gasteiger partial charge in [-0.2, -0.15) is 0 Å². The Morgan fingerprint density at radius 1 is 1.04 bits per heavy atom. The summed E-state index contributed by atoms with van der Waals surface area (Å²) < 4.78 is 11.3. The topological polar surface area (TPSA) is 68.0 Å². The van der Waals surface area contributed by atoms with Crippen LogP contribution in [0.2, 0.25) is 0 Å². The standard InChI is InChI=1S/C21H23N3O3/c22-17-6-7-19-18(15-17)24(9-8-23-10-12-26-13-11-23)21(25)20(27-19)14-16-4-2-1-3-5-16/h1-7,14-15H,8-13,22H2/b20-14+. The highest BCUT2D eigenvalue weighted by Crippen LogP contribution is 2.37. The molecule has 2 N–H and O–H groups in total. The molecule has 140 valence electrons. The molecule has 2 aromatic rings. The van der Waals surface area contributed by atoms with Gasteiger partial charge < -0.3 is 20.1 Å². The lowest BCUT2D eigenvalue weighted by Crippen LogP contribution is -2.45. The van der Waals surface area contributed by atoms with Gasteiger partial charge in [-0.1, -0.05) is 30.3 Å². The summed E-state index contributed by atoms with van der Waals surface area (Å²) >= 11 is 0. The third-order valence-corrected chi connectivity index (χ3v) is 4.79. The lowest BCUT2D eigenvalue weighted by Gasteiger charge is -2.33. The van der Waals surface area contributed by atoms with E-state index in [-0.39, 0.29) is 5.91 Å². The zero-order valence-corrected chi connectivity index (χ0v) is 15.1. The van der Waals surface area contributed by atoms with Crippen molar-refractivity contribution in [3.63, 3.8) is 0 Å². The molecule has 0 radical (unpaired) electrons. The smallest absolute Gasteiger partial charge is 0.294 e. The summed E-state index contributed by atoms with van der Waals surface area (Å²) in [4.78, 5) is 17.2. The molecular weight excluding hydrogens is 342 g/mol. The molecule has 0 saturated carbocycles. The number of nitrogens with two attached hydrogens (primary N) is 1. The minimum Gasteiger partial charge on any atom is -0.449 e. The van der Waals surface area contributed by atoms with Crippen molar-refractivity contribution in [2.24, 2.45) is 0 Å². The average molecular weight is 365 g/mol. The number of amides is 1. The summed E-state index contributed by atoms with van der Waals surface area (Å²) in [6.45, 7) is 4.59. The Hall–Kier alpha value is -2.83. The predicted molar refractivity (Wildman–Crippen MR) is 106 cm³/mol. The molecule has 2 aliphatic heterocycles. The molecule has 2 aromatic carbocycles. The molecule has 0 bridgehead atoms. The molecule has 1 fully saturated rings. The van der Waals surface area contributed by atoms with Crippen LogP contribution in [-0.2, 0) is 9.53 Å². The van der Waals surface area contributed by atoms with Gasteiger partial charge in [0.25, 0.3) is 5.91 Å². The van der Waals surface area contributed by atoms with Gasteiger partial charge in [-0.25, -0.2) is 0 Å². The van der Waals surface area contributed by atoms with Gasteiger partial charge in [0, 0.05) is 31.9 Å². The Bertz CT molecular complexity index is 845. The second kappa shape index (κ2) is 7.82. The van der Waals surface area contributed by atoms with Crippen LogP contribution in [0.4, 0.5) is 11.4 Å². The molecule has 0 atom stereocenters. The van der Waals surface area contributed by atoms with E-state index in [4.69, 9.17) is 15.2 Å². The number of ether oxygens (including phenoxy) is 2. The molecule has 0 unspecified atom stereocenters. The number of benzene rings is 2. The molecule has 0 aromatic heterocycles. The van der Waals surface area contributed by atoms with E-state index in [9.17, 15) is 4.79 Å². The molecule has 2 aliphatic rings. The SMILES string of the molecule is Nc1ccc2c(c1)N(CCN1CCOCC1)C(=O)/C(=C\c1ccccc1)O2. The van der Waals surface area contributed by atoms with Crippen molar-refractivity contribution >= 4 is 23.4 Å². The monoisotopic (exact) mass is 365 g/mol. The minimum absolute atomic E-state index is 0.148. The maximum absolute atomic E-state index is 13.1. The first kappa shape index (κ1) is 17.6. The maximum atomic E-state index is 13.1. The first-order valence-corrected chi connectivity index (χ1v) is 9.17. The van der Waals surface area contributed by atoms with E-state index in [1.54, 1.807) is 23.1 Å². The van der Waals surface area contributed by atoms with Crippen LogP contribution in [0.15, 0.2) is 54.3 Å². The van der Waals surface area contributed by atoms with Crippen LogP contribution in [0, 0.1) is 0 Å². The Morgan fingerprint density at radius 2 is 1.81 bits per heavy atom. The second-order valence-corrected chi connectivity index (χ2v) is 6.66. The van der Waals surface area contributed by atoms with Crippen LogP contribution in [0.5, 0.6) is 5.75 Å². The number of morpholine rings is 1. The number of carbonyl (C=O) groups excluding carboxylic acids is 1. The molecule has 0 aliphatic carbocycles. The number of nitrogens with zero attached hydrogens (tertiary/aromatic N) is 2. The fourth-order valence-corrected chi connectivity index (χ4v) is 3.32. The minimum atomic E-state index is -0.148. The predicted octanol–water partition coefficient (Wildman–Crippen LogP) is 2.37. The van der Waals surface area contributed by atoms with Gasteiger partial charge in [-0.15, -0.1) is 0 Å². The molecule has 1 amide bonds.